The quantitative estimate of drug-likeness (QED) is 0.188. The minimum Gasteiger partial charge on any atom is -0.414 e. The average molecular weight is 585 g/mol. The molecule has 3 aliphatic carbocycles. The van der Waals surface area contributed by atoms with Crippen molar-refractivity contribution in [2.75, 3.05) is 0 Å². The second kappa shape index (κ2) is 12.5. The summed E-state index contributed by atoms with van der Waals surface area (Å²) in [4.78, 5) is 0. The Morgan fingerprint density at radius 1 is 1.07 bits per heavy atom. The monoisotopic (exact) mass is 584 g/mol. The van der Waals surface area contributed by atoms with Crippen LogP contribution in [0, 0.1) is 17.3 Å². The predicted molar refractivity (Wildman–Crippen MR) is 181 cm³/mol. The van der Waals surface area contributed by atoms with E-state index in [-0.39, 0.29) is 10.6 Å². The van der Waals surface area contributed by atoms with Gasteiger partial charge >= 0.3 is 0 Å². The Hall–Kier alpha value is -0.686. The summed E-state index contributed by atoms with van der Waals surface area (Å²) in [5.74, 6) is 1.32. The van der Waals surface area contributed by atoms with Crippen molar-refractivity contribution in [3.05, 3.63) is 47.1 Å². The molecule has 0 N–H and O–H groups in total. The largest absolute Gasteiger partial charge is 0.414 e. The van der Waals surface area contributed by atoms with Gasteiger partial charge in [-0.2, -0.15) is 0 Å². The molecule has 40 heavy (non-hydrogen) atoms. The van der Waals surface area contributed by atoms with Crippen LogP contribution in [0.5, 0.6) is 0 Å². The van der Waals surface area contributed by atoms with Crippen molar-refractivity contribution in [2.45, 2.75) is 162 Å². The zero-order chi connectivity index (χ0) is 30.1. The molecule has 0 aromatic heterocycles. The Balaban J connectivity index is 1.66. The summed E-state index contributed by atoms with van der Waals surface area (Å²) >= 11 is 0. The molecule has 4 heteroatoms. The van der Waals surface area contributed by atoms with Gasteiger partial charge < -0.3 is 8.85 Å². The van der Waals surface area contributed by atoms with Crippen LogP contribution in [0.15, 0.2) is 47.1 Å². The zero-order valence-electron chi connectivity index (χ0n) is 28.6. The standard InChI is InChI=1S/C36H64O2Si2/c1-27-18-21-31(37-40(12,13)34(3,4)5)26-30(27)20-19-29-17-15-25-36(8)32(22-23-33(29)36)28(2)16-14-24-35(6,7)38-39(9,10)11/h19-20,22,28,31,33H,1,14-18,21,23-26H2,2-13H3/b29-19+,30-20-/t28-,31-,33+,36-/m1/s1. The molecule has 2 nitrogen and oxygen atoms in total. The van der Waals surface area contributed by atoms with E-state index in [0.29, 0.717) is 23.4 Å². The van der Waals surface area contributed by atoms with Crippen molar-refractivity contribution in [2.24, 2.45) is 17.3 Å². The van der Waals surface area contributed by atoms with E-state index in [4.69, 9.17) is 8.85 Å². The van der Waals surface area contributed by atoms with Crippen LogP contribution in [0.1, 0.15) is 113 Å². The molecule has 0 unspecified atom stereocenters. The molecule has 0 amide bonds. The van der Waals surface area contributed by atoms with E-state index >= 15 is 0 Å². The normalized spacial score (nSPS) is 29.6. The lowest BCUT2D eigenvalue weighted by atomic mass is 9.62. The number of allylic oxidation sites excluding steroid dienone is 6. The lowest BCUT2D eigenvalue weighted by Crippen LogP contribution is -2.44. The van der Waals surface area contributed by atoms with Crippen molar-refractivity contribution in [1.29, 1.82) is 0 Å². The molecule has 0 radical (unpaired) electrons. The van der Waals surface area contributed by atoms with Gasteiger partial charge in [0, 0.05) is 6.10 Å². The SMILES string of the molecule is C=C1CC[C@@H](O[Si](C)(C)C(C)(C)C)C/C1=C/C=C1\CCC[C@]2(C)C([C@H](C)CCCC(C)(C)O[Si](C)(C)C)=CC[C@@H]12. The fourth-order valence-corrected chi connectivity index (χ4v) is 10.7. The number of hydrogen-bond donors (Lipinski definition) is 0. The minimum absolute atomic E-state index is 0.00715. The van der Waals surface area contributed by atoms with E-state index in [9.17, 15) is 0 Å². The predicted octanol–water partition coefficient (Wildman–Crippen LogP) is 11.5. The topological polar surface area (TPSA) is 18.5 Å². The van der Waals surface area contributed by atoms with E-state index < -0.39 is 16.6 Å². The highest BCUT2D eigenvalue weighted by atomic mass is 28.4. The van der Waals surface area contributed by atoms with E-state index in [2.05, 4.69) is 106 Å². The number of hydrogen-bond acceptors (Lipinski definition) is 2. The summed E-state index contributed by atoms with van der Waals surface area (Å²) < 4.78 is 13.3. The summed E-state index contributed by atoms with van der Waals surface area (Å²) in [6.45, 7) is 32.8. The molecule has 0 spiro atoms. The lowest BCUT2D eigenvalue weighted by Gasteiger charge is -2.43. The lowest BCUT2D eigenvalue weighted by molar-refractivity contribution is 0.0868. The smallest absolute Gasteiger partial charge is 0.192 e. The Kier molecular flexibility index (Phi) is 10.6. The van der Waals surface area contributed by atoms with Gasteiger partial charge in [-0.1, -0.05) is 82.6 Å². The highest BCUT2D eigenvalue weighted by Crippen LogP contribution is 2.57. The Bertz CT molecular complexity index is 1000. The maximum Gasteiger partial charge on any atom is 0.192 e. The van der Waals surface area contributed by atoms with Crippen LogP contribution in [0.3, 0.4) is 0 Å². The van der Waals surface area contributed by atoms with Crippen LogP contribution in [0.4, 0.5) is 0 Å². The van der Waals surface area contributed by atoms with Crippen LogP contribution in [0.2, 0.25) is 37.8 Å². The summed E-state index contributed by atoms with van der Waals surface area (Å²) in [6.07, 6.45) is 19.9. The second-order valence-corrected chi connectivity index (χ2v) is 26.0. The zero-order valence-corrected chi connectivity index (χ0v) is 30.6. The first kappa shape index (κ1) is 33.8. The van der Waals surface area contributed by atoms with E-state index in [1.165, 1.54) is 49.7 Å². The van der Waals surface area contributed by atoms with Crippen molar-refractivity contribution in [3.8, 4) is 0 Å². The van der Waals surface area contributed by atoms with Crippen molar-refractivity contribution in [1.82, 2.24) is 0 Å². The molecule has 2 fully saturated rings. The van der Waals surface area contributed by atoms with Gasteiger partial charge in [-0.3, -0.25) is 0 Å². The fraction of sp³-hybridized carbons (Fsp3) is 0.778. The first-order chi connectivity index (χ1) is 18.2. The minimum atomic E-state index is -1.76. The van der Waals surface area contributed by atoms with Crippen molar-refractivity contribution < 1.29 is 8.85 Å². The molecule has 228 valence electrons. The molecule has 0 aromatic carbocycles. The van der Waals surface area contributed by atoms with Crippen molar-refractivity contribution >= 4 is 16.6 Å². The Morgan fingerprint density at radius 3 is 2.38 bits per heavy atom. The first-order valence-electron chi connectivity index (χ1n) is 16.4. The van der Waals surface area contributed by atoms with E-state index in [0.717, 1.165) is 25.7 Å². The number of rotatable bonds is 10. The maximum atomic E-state index is 6.84. The molecule has 4 atom stereocenters. The van der Waals surface area contributed by atoms with E-state index in [1.54, 1.807) is 11.1 Å². The summed E-state index contributed by atoms with van der Waals surface area (Å²) in [5.41, 5.74) is 6.48. The van der Waals surface area contributed by atoms with Crippen LogP contribution in [0.25, 0.3) is 0 Å². The molecule has 0 bridgehead atoms. The first-order valence-corrected chi connectivity index (χ1v) is 22.7. The highest BCUT2D eigenvalue weighted by molar-refractivity contribution is 6.74. The molecule has 0 aliphatic heterocycles. The Labute approximate surface area is 251 Å². The van der Waals surface area contributed by atoms with Crippen LogP contribution >= 0.6 is 0 Å². The van der Waals surface area contributed by atoms with Gasteiger partial charge in [0.15, 0.2) is 16.6 Å². The maximum absolute atomic E-state index is 6.84. The Morgan fingerprint density at radius 2 is 1.75 bits per heavy atom. The number of fused-ring (bicyclic) bond motifs is 1. The van der Waals surface area contributed by atoms with Crippen LogP contribution < -0.4 is 0 Å². The van der Waals surface area contributed by atoms with Crippen LogP contribution in [-0.2, 0) is 8.85 Å². The van der Waals surface area contributed by atoms with Crippen LogP contribution in [-0.4, -0.2) is 28.3 Å². The van der Waals surface area contributed by atoms with Gasteiger partial charge in [0.25, 0.3) is 0 Å². The summed E-state index contributed by atoms with van der Waals surface area (Å²) in [5, 5.41) is 0.252. The van der Waals surface area contributed by atoms with Crippen molar-refractivity contribution in [3.63, 3.8) is 0 Å². The van der Waals surface area contributed by atoms with Gasteiger partial charge in [0.05, 0.1) is 5.60 Å². The molecular formula is C36H64O2Si2. The molecule has 0 saturated heterocycles. The average Bonchev–Trinajstić information content (AvgIpc) is 3.14. The molecule has 0 heterocycles. The van der Waals surface area contributed by atoms with Gasteiger partial charge in [-0.25, -0.2) is 0 Å². The molecule has 2 saturated carbocycles. The third-order valence-corrected chi connectivity index (χ3v) is 16.3. The summed E-state index contributed by atoms with van der Waals surface area (Å²) in [6, 6.07) is 0. The van der Waals surface area contributed by atoms with E-state index in [1.807, 2.05) is 0 Å². The van der Waals surface area contributed by atoms with Gasteiger partial charge in [0.2, 0.25) is 0 Å². The molecule has 3 rings (SSSR count). The van der Waals surface area contributed by atoms with Gasteiger partial charge in [0.1, 0.15) is 0 Å². The highest BCUT2D eigenvalue weighted by Gasteiger charge is 2.46. The summed E-state index contributed by atoms with van der Waals surface area (Å²) in [7, 11) is -3.28. The molecule has 0 aromatic rings. The van der Waals surface area contributed by atoms with Gasteiger partial charge in [-0.05, 0) is 132 Å². The third-order valence-electron chi connectivity index (χ3n) is 10.6. The fourth-order valence-electron chi connectivity index (χ4n) is 7.56. The third kappa shape index (κ3) is 8.45. The molecule has 3 aliphatic rings. The van der Waals surface area contributed by atoms with Gasteiger partial charge in [-0.15, -0.1) is 0 Å². The molecular weight excluding hydrogens is 521 g/mol. The second-order valence-electron chi connectivity index (χ2n) is 16.8.